The molecule has 174 valence electrons. The molecule has 3 aromatic rings. The van der Waals surface area contributed by atoms with Crippen molar-refractivity contribution in [2.24, 2.45) is 0 Å². The van der Waals surface area contributed by atoms with E-state index in [1.807, 2.05) is 0 Å². The molecule has 5 nitrogen and oxygen atoms in total. The minimum Gasteiger partial charge on any atom is -0.493 e. The first-order chi connectivity index (χ1) is 15.7. The lowest BCUT2D eigenvalue weighted by molar-refractivity contribution is -0.137. The number of benzene rings is 2. The van der Waals surface area contributed by atoms with Gasteiger partial charge < -0.3 is 4.74 Å². The molecule has 10 heteroatoms. The van der Waals surface area contributed by atoms with Crippen LogP contribution in [0.2, 0.25) is 0 Å². The van der Waals surface area contributed by atoms with Crippen LogP contribution in [0, 0.1) is 0 Å². The number of alkyl halides is 4. The lowest BCUT2D eigenvalue weighted by Gasteiger charge is -2.28. The number of halogens is 4. The van der Waals surface area contributed by atoms with E-state index in [0.29, 0.717) is 29.0 Å². The Balaban J connectivity index is 1.69. The van der Waals surface area contributed by atoms with Gasteiger partial charge in [0.05, 0.1) is 35.2 Å². The van der Waals surface area contributed by atoms with Gasteiger partial charge in [0, 0.05) is 24.1 Å². The first-order valence-electron chi connectivity index (χ1n) is 10.2. The van der Waals surface area contributed by atoms with Crippen LogP contribution in [0.15, 0.2) is 59.9 Å². The molecule has 2 heterocycles. The Hall–Kier alpha value is -3.01. The number of nitrogens with zero attached hydrogens (tertiary/aromatic N) is 2. The first kappa shape index (κ1) is 23.2. The molecule has 1 aromatic heterocycles. The maximum absolute atomic E-state index is 13.2. The Labute approximate surface area is 188 Å². The summed E-state index contributed by atoms with van der Waals surface area (Å²) in [6.07, 6.45) is -1.46. The summed E-state index contributed by atoms with van der Waals surface area (Å²) in [5.41, 5.74) is 1.05. The molecule has 0 fully saturated rings. The summed E-state index contributed by atoms with van der Waals surface area (Å²) in [6.45, 7) is -0.534. The third-order valence-corrected chi connectivity index (χ3v) is 7.22. The van der Waals surface area contributed by atoms with Crippen molar-refractivity contribution in [2.45, 2.75) is 35.6 Å². The van der Waals surface area contributed by atoms with Crippen LogP contribution in [-0.2, 0) is 28.2 Å². The number of hydrogen-bond donors (Lipinski definition) is 0. The van der Waals surface area contributed by atoms with Crippen molar-refractivity contribution < 1.29 is 30.7 Å². The van der Waals surface area contributed by atoms with Gasteiger partial charge in [-0.1, -0.05) is 12.1 Å². The second-order valence-electron chi connectivity index (χ2n) is 7.70. The van der Waals surface area contributed by atoms with E-state index in [4.69, 9.17) is 4.74 Å². The van der Waals surface area contributed by atoms with Gasteiger partial charge in [0.25, 0.3) is 0 Å². The second kappa shape index (κ2) is 9.09. The number of rotatable bonds is 6. The largest absolute Gasteiger partial charge is 0.493 e. The molecule has 4 rings (SSSR count). The molecule has 0 aliphatic carbocycles. The number of fused-ring (bicyclic) bond motifs is 1. The highest BCUT2D eigenvalue weighted by Crippen LogP contribution is 2.42. The van der Waals surface area contributed by atoms with Gasteiger partial charge in [-0.2, -0.15) is 13.2 Å². The predicted octanol–water partition coefficient (Wildman–Crippen LogP) is 4.90. The van der Waals surface area contributed by atoms with E-state index in [1.165, 1.54) is 36.8 Å². The van der Waals surface area contributed by atoms with Crippen LogP contribution in [-0.4, -0.2) is 31.7 Å². The van der Waals surface area contributed by atoms with E-state index in [0.717, 1.165) is 12.1 Å². The Morgan fingerprint density at radius 3 is 2.55 bits per heavy atom. The van der Waals surface area contributed by atoms with Crippen molar-refractivity contribution in [3.05, 3.63) is 82.9 Å². The standard InChI is InChI=1S/C23H20F4N2O3S/c24-8-5-15-11-16(23(25,26)27)1-3-19(15)20-7-10-32-22-12-18(2-4-21(20)22)33(30,31)13-17-6-9-28-14-29-17/h1-4,6,9,11-12,14,20H,5,7-8,10,13H2/t20-/m1/s1. The first-order valence-corrected chi connectivity index (χ1v) is 11.8. The summed E-state index contributed by atoms with van der Waals surface area (Å²) in [6, 6.07) is 9.37. The van der Waals surface area contributed by atoms with E-state index in [1.54, 1.807) is 6.07 Å². The molecule has 2 aromatic carbocycles. The van der Waals surface area contributed by atoms with Crippen molar-refractivity contribution in [3.8, 4) is 5.75 Å². The second-order valence-corrected chi connectivity index (χ2v) is 9.69. The zero-order valence-corrected chi connectivity index (χ0v) is 18.2. The van der Waals surface area contributed by atoms with Crippen molar-refractivity contribution >= 4 is 9.84 Å². The van der Waals surface area contributed by atoms with Crippen LogP contribution < -0.4 is 4.74 Å². The third kappa shape index (κ3) is 5.00. The normalized spacial score (nSPS) is 16.2. The zero-order valence-electron chi connectivity index (χ0n) is 17.3. The number of aryl methyl sites for hydroxylation is 1. The zero-order chi connectivity index (χ0) is 23.6. The number of sulfone groups is 1. The van der Waals surface area contributed by atoms with Gasteiger partial charge in [0.1, 0.15) is 12.1 Å². The van der Waals surface area contributed by atoms with E-state index >= 15 is 0 Å². The maximum atomic E-state index is 13.2. The quantitative estimate of drug-likeness (QED) is 0.470. The van der Waals surface area contributed by atoms with Crippen LogP contribution >= 0.6 is 0 Å². The van der Waals surface area contributed by atoms with E-state index in [-0.39, 0.29) is 35.2 Å². The molecule has 0 radical (unpaired) electrons. The van der Waals surface area contributed by atoms with Crippen LogP contribution in [0.3, 0.4) is 0 Å². The molecule has 33 heavy (non-hydrogen) atoms. The fourth-order valence-electron chi connectivity index (χ4n) is 4.01. The lowest BCUT2D eigenvalue weighted by Crippen LogP contribution is -2.18. The van der Waals surface area contributed by atoms with Gasteiger partial charge in [-0.25, -0.2) is 18.4 Å². The molecule has 0 N–H and O–H groups in total. The average molecular weight is 480 g/mol. The van der Waals surface area contributed by atoms with Crippen molar-refractivity contribution in [3.63, 3.8) is 0 Å². The van der Waals surface area contributed by atoms with E-state index < -0.39 is 28.3 Å². The SMILES string of the molecule is O=S(=O)(Cc1ccncn1)c1ccc2c(c1)OCC[C@@H]2c1ccc(C(F)(F)F)cc1CCF. The molecule has 0 saturated heterocycles. The van der Waals surface area contributed by atoms with E-state index in [2.05, 4.69) is 9.97 Å². The summed E-state index contributed by atoms with van der Waals surface area (Å²) in [5.74, 6) is -0.297. The van der Waals surface area contributed by atoms with Crippen molar-refractivity contribution in [2.75, 3.05) is 13.3 Å². The van der Waals surface area contributed by atoms with Crippen molar-refractivity contribution in [1.82, 2.24) is 9.97 Å². The number of aromatic nitrogens is 2. The Morgan fingerprint density at radius 2 is 1.85 bits per heavy atom. The molecule has 1 aliphatic heterocycles. The van der Waals surface area contributed by atoms with Gasteiger partial charge in [-0.3, -0.25) is 4.39 Å². The van der Waals surface area contributed by atoms with Crippen LogP contribution in [0.4, 0.5) is 17.6 Å². The summed E-state index contributed by atoms with van der Waals surface area (Å²) < 4.78 is 84.0. The summed E-state index contributed by atoms with van der Waals surface area (Å²) >= 11 is 0. The highest BCUT2D eigenvalue weighted by molar-refractivity contribution is 7.90. The predicted molar refractivity (Wildman–Crippen MR) is 112 cm³/mol. The average Bonchev–Trinajstić information content (AvgIpc) is 2.78. The number of hydrogen-bond acceptors (Lipinski definition) is 5. The molecule has 0 amide bonds. The molecule has 0 spiro atoms. The topological polar surface area (TPSA) is 69.2 Å². The van der Waals surface area contributed by atoms with Gasteiger partial charge in [-0.15, -0.1) is 0 Å². The fraction of sp³-hybridized carbons (Fsp3) is 0.304. The Bertz CT molecular complexity index is 1250. The molecule has 1 aliphatic rings. The van der Waals surface area contributed by atoms with Gasteiger partial charge in [-0.05, 0) is 47.9 Å². The monoisotopic (exact) mass is 480 g/mol. The summed E-state index contributed by atoms with van der Waals surface area (Å²) in [4.78, 5) is 7.77. The number of ether oxygens (including phenoxy) is 1. The van der Waals surface area contributed by atoms with Gasteiger partial charge in [0.15, 0.2) is 9.84 Å². The molecule has 1 atom stereocenters. The summed E-state index contributed by atoms with van der Waals surface area (Å²) in [5, 5.41) is 0. The fourth-order valence-corrected chi connectivity index (χ4v) is 5.30. The van der Waals surface area contributed by atoms with Crippen LogP contribution in [0.1, 0.15) is 40.3 Å². The van der Waals surface area contributed by atoms with Crippen molar-refractivity contribution in [1.29, 1.82) is 0 Å². The summed E-state index contributed by atoms with van der Waals surface area (Å²) in [7, 11) is -3.71. The lowest BCUT2D eigenvalue weighted by atomic mass is 9.83. The smallest absolute Gasteiger partial charge is 0.416 e. The van der Waals surface area contributed by atoms with E-state index in [9.17, 15) is 26.0 Å². The van der Waals surface area contributed by atoms with Crippen LogP contribution in [0.5, 0.6) is 5.75 Å². The third-order valence-electron chi connectivity index (χ3n) is 5.57. The Morgan fingerprint density at radius 1 is 1.06 bits per heavy atom. The molecule has 0 unspecified atom stereocenters. The highest BCUT2D eigenvalue weighted by atomic mass is 32.2. The molecule has 0 saturated carbocycles. The van der Waals surface area contributed by atoms with Gasteiger partial charge in [0.2, 0.25) is 0 Å². The maximum Gasteiger partial charge on any atom is 0.416 e. The molecular formula is C23H20F4N2O3S. The van der Waals surface area contributed by atoms with Gasteiger partial charge >= 0.3 is 6.18 Å². The minimum atomic E-state index is -4.52. The Kier molecular flexibility index (Phi) is 6.38. The van der Waals surface area contributed by atoms with Crippen LogP contribution in [0.25, 0.3) is 0 Å². The highest BCUT2D eigenvalue weighted by Gasteiger charge is 2.33. The minimum absolute atomic E-state index is 0.0527. The molecule has 0 bridgehead atoms. The molecular weight excluding hydrogens is 460 g/mol.